The molecule has 16 heavy (non-hydrogen) atoms. The maximum absolute atomic E-state index is 11.7. The van der Waals surface area contributed by atoms with Crippen molar-refractivity contribution in [1.29, 1.82) is 0 Å². The van der Waals surface area contributed by atoms with E-state index in [2.05, 4.69) is 22.5 Å². The highest BCUT2D eigenvalue weighted by atomic mass is 79.9. The van der Waals surface area contributed by atoms with E-state index in [9.17, 15) is 9.59 Å². The van der Waals surface area contributed by atoms with E-state index in [0.29, 0.717) is 17.8 Å². The van der Waals surface area contributed by atoms with E-state index in [-0.39, 0.29) is 0 Å². The van der Waals surface area contributed by atoms with Gasteiger partial charge in [-0.3, -0.25) is 9.59 Å². The van der Waals surface area contributed by atoms with Crippen molar-refractivity contribution in [3.05, 3.63) is 40.4 Å². The summed E-state index contributed by atoms with van der Waals surface area (Å²) in [7, 11) is 0. The second kappa shape index (κ2) is 3.87. The minimum absolute atomic E-state index is 0.383. The van der Waals surface area contributed by atoms with E-state index in [1.54, 1.807) is 18.2 Å². The number of nitrogens with zero attached hydrogens (tertiary/aromatic N) is 1. The molecule has 1 heterocycles. The van der Waals surface area contributed by atoms with Gasteiger partial charge < -0.3 is 4.90 Å². The number of carbonyl (C=O) groups excluding carboxylic acids is 2. The molecule has 0 spiro atoms. The molecule has 1 amide bonds. The van der Waals surface area contributed by atoms with Crippen molar-refractivity contribution in [3.63, 3.8) is 0 Å². The van der Waals surface area contributed by atoms with Gasteiger partial charge in [-0.25, -0.2) is 0 Å². The van der Waals surface area contributed by atoms with Crippen molar-refractivity contribution in [2.75, 3.05) is 11.4 Å². The van der Waals surface area contributed by atoms with Gasteiger partial charge >= 0.3 is 0 Å². The molecule has 0 unspecified atom stereocenters. The van der Waals surface area contributed by atoms with Gasteiger partial charge in [-0.05, 0) is 25.1 Å². The lowest BCUT2D eigenvalue weighted by molar-refractivity contribution is -0.114. The number of Topliss-reactive ketones (excluding diaryl/α,β-unsaturated/α-hetero) is 1. The van der Waals surface area contributed by atoms with Crippen LogP contribution in [0, 0.1) is 0 Å². The summed E-state index contributed by atoms with van der Waals surface area (Å²) in [4.78, 5) is 24.9. The molecule has 0 N–H and O–H groups in total. The third-order valence-corrected chi connectivity index (χ3v) is 2.86. The molecule has 0 aliphatic carbocycles. The first-order valence-electron chi connectivity index (χ1n) is 4.81. The van der Waals surface area contributed by atoms with Gasteiger partial charge in [0.1, 0.15) is 0 Å². The first-order chi connectivity index (χ1) is 7.50. The first kappa shape index (κ1) is 11.1. The summed E-state index contributed by atoms with van der Waals surface area (Å²) in [5, 5.41) is 0. The number of hydrogen-bond donors (Lipinski definition) is 0. The van der Waals surface area contributed by atoms with Gasteiger partial charge in [0.15, 0.2) is 0 Å². The molecule has 0 saturated heterocycles. The average Bonchev–Trinajstić information content (AvgIpc) is 2.43. The zero-order chi connectivity index (χ0) is 11.9. The average molecular weight is 280 g/mol. The van der Waals surface area contributed by atoms with Crippen LogP contribution in [0.25, 0.3) is 0 Å². The van der Waals surface area contributed by atoms with Crippen LogP contribution < -0.4 is 4.90 Å². The Kier molecular flexibility index (Phi) is 2.68. The molecule has 0 atom stereocenters. The van der Waals surface area contributed by atoms with Crippen molar-refractivity contribution >= 4 is 33.3 Å². The Morgan fingerprint density at radius 1 is 1.44 bits per heavy atom. The van der Waals surface area contributed by atoms with Crippen molar-refractivity contribution in [1.82, 2.24) is 0 Å². The monoisotopic (exact) mass is 279 g/mol. The van der Waals surface area contributed by atoms with Crippen molar-refractivity contribution in [2.45, 2.75) is 6.92 Å². The van der Waals surface area contributed by atoms with Gasteiger partial charge in [0.05, 0.1) is 11.3 Å². The fraction of sp³-hybridized carbons (Fsp3) is 0.167. The molecule has 4 heteroatoms. The van der Waals surface area contributed by atoms with E-state index < -0.39 is 11.7 Å². The number of fused-ring (bicyclic) bond motifs is 1. The molecule has 1 aliphatic rings. The molecule has 0 aromatic heterocycles. The fourth-order valence-electron chi connectivity index (χ4n) is 1.69. The van der Waals surface area contributed by atoms with E-state index in [4.69, 9.17) is 0 Å². The molecule has 0 radical (unpaired) electrons. The van der Waals surface area contributed by atoms with Crippen molar-refractivity contribution < 1.29 is 9.59 Å². The summed E-state index contributed by atoms with van der Waals surface area (Å²) < 4.78 is 0.848. The summed E-state index contributed by atoms with van der Waals surface area (Å²) in [6.45, 7) is 5.97. The first-order valence-corrected chi connectivity index (χ1v) is 5.60. The Hall–Kier alpha value is -1.42. The molecule has 0 bridgehead atoms. The molecule has 0 saturated carbocycles. The van der Waals surface area contributed by atoms with Crippen molar-refractivity contribution in [2.24, 2.45) is 0 Å². The molecule has 1 aromatic rings. The standard InChI is InChI=1S/C12H10BrNO2/c1-7(2)6-14-10-5-8(13)3-4-9(10)11(15)12(14)16/h3-5H,1,6H2,2H3. The maximum atomic E-state index is 11.7. The predicted molar refractivity (Wildman–Crippen MR) is 65.6 cm³/mol. The normalized spacial score (nSPS) is 14.2. The van der Waals surface area contributed by atoms with Gasteiger partial charge in [-0.1, -0.05) is 28.1 Å². The van der Waals surface area contributed by atoms with Gasteiger partial charge in [0, 0.05) is 11.0 Å². The summed E-state index contributed by atoms with van der Waals surface area (Å²) in [5.41, 5.74) is 1.97. The van der Waals surface area contributed by atoms with Gasteiger partial charge in [0.25, 0.3) is 11.7 Å². The molecule has 82 valence electrons. The lowest BCUT2D eigenvalue weighted by atomic mass is 10.1. The summed E-state index contributed by atoms with van der Waals surface area (Å²) in [5.74, 6) is -0.917. The van der Waals surface area contributed by atoms with Crippen LogP contribution in [0.2, 0.25) is 0 Å². The summed E-state index contributed by atoms with van der Waals surface area (Å²) >= 11 is 3.33. The minimum Gasteiger partial charge on any atom is -0.301 e. The Morgan fingerprint density at radius 2 is 2.12 bits per heavy atom. The SMILES string of the molecule is C=C(C)CN1C(=O)C(=O)c2ccc(Br)cc21. The van der Waals surface area contributed by atoms with Crippen molar-refractivity contribution in [3.8, 4) is 0 Å². The smallest absolute Gasteiger partial charge is 0.299 e. The van der Waals surface area contributed by atoms with E-state index in [1.807, 2.05) is 6.92 Å². The summed E-state index contributed by atoms with van der Waals surface area (Å²) in [6, 6.07) is 5.20. The number of rotatable bonds is 2. The van der Waals surface area contributed by atoms with Gasteiger partial charge in [-0.15, -0.1) is 0 Å². The van der Waals surface area contributed by atoms with Crippen LogP contribution in [-0.2, 0) is 4.79 Å². The van der Waals surface area contributed by atoms with Crippen LogP contribution in [0.4, 0.5) is 5.69 Å². The third-order valence-electron chi connectivity index (χ3n) is 2.36. The third kappa shape index (κ3) is 1.69. The van der Waals surface area contributed by atoms with Crippen LogP contribution >= 0.6 is 15.9 Å². The van der Waals surface area contributed by atoms with Gasteiger partial charge in [0.2, 0.25) is 0 Å². The maximum Gasteiger partial charge on any atom is 0.299 e. The zero-order valence-electron chi connectivity index (χ0n) is 8.79. The number of amides is 1. The highest BCUT2D eigenvalue weighted by Crippen LogP contribution is 2.31. The molecule has 0 fully saturated rings. The van der Waals surface area contributed by atoms with Crippen LogP contribution in [0.3, 0.4) is 0 Å². The number of benzene rings is 1. The number of anilines is 1. The lowest BCUT2D eigenvalue weighted by Crippen LogP contribution is -2.30. The Bertz CT molecular complexity index is 508. The topological polar surface area (TPSA) is 37.4 Å². The molecule has 3 nitrogen and oxygen atoms in total. The molecular weight excluding hydrogens is 270 g/mol. The molecule has 2 rings (SSSR count). The van der Waals surface area contributed by atoms with E-state index >= 15 is 0 Å². The van der Waals surface area contributed by atoms with Crippen LogP contribution in [-0.4, -0.2) is 18.2 Å². The second-order valence-corrected chi connectivity index (χ2v) is 4.75. The predicted octanol–water partition coefficient (Wildman–Crippen LogP) is 2.55. The molecule has 1 aliphatic heterocycles. The number of hydrogen-bond acceptors (Lipinski definition) is 2. The van der Waals surface area contributed by atoms with Crippen LogP contribution in [0.5, 0.6) is 0 Å². The number of carbonyl (C=O) groups is 2. The summed E-state index contributed by atoms with van der Waals surface area (Å²) in [6.07, 6.45) is 0. The van der Waals surface area contributed by atoms with Crippen LogP contribution in [0.15, 0.2) is 34.8 Å². The second-order valence-electron chi connectivity index (χ2n) is 3.84. The quantitative estimate of drug-likeness (QED) is 0.616. The molecule has 1 aromatic carbocycles. The highest BCUT2D eigenvalue weighted by Gasteiger charge is 2.35. The Labute approximate surface area is 102 Å². The number of halogens is 1. The highest BCUT2D eigenvalue weighted by molar-refractivity contribution is 9.10. The van der Waals surface area contributed by atoms with Gasteiger partial charge in [-0.2, -0.15) is 0 Å². The Balaban J connectivity index is 2.51. The van der Waals surface area contributed by atoms with Crippen LogP contribution in [0.1, 0.15) is 17.3 Å². The van der Waals surface area contributed by atoms with E-state index in [1.165, 1.54) is 4.90 Å². The zero-order valence-corrected chi connectivity index (χ0v) is 10.4. The fourth-order valence-corrected chi connectivity index (χ4v) is 2.04. The molecular formula is C12H10BrNO2. The lowest BCUT2D eigenvalue weighted by Gasteiger charge is -2.16. The number of ketones is 1. The largest absolute Gasteiger partial charge is 0.301 e. The Morgan fingerprint density at radius 3 is 2.75 bits per heavy atom. The minimum atomic E-state index is -0.476. The van der Waals surface area contributed by atoms with E-state index in [0.717, 1.165) is 10.0 Å².